The molecule has 0 spiro atoms. The summed E-state index contributed by atoms with van der Waals surface area (Å²) in [6.07, 6.45) is 1.34. The van der Waals surface area contributed by atoms with Crippen molar-refractivity contribution in [2.24, 2.45) is 5.10 Å². The summed E-state index contributed by atoms with van der Waals surface area (Å²) in [7, 11) is 1.44. The van der Waals surface area contributed by atoms with E-state index in [1.807, 2.05) is 13.0 Å². The first-order valence-corrected chi connectivity index (χ1v) is 9.62. The molecule has 8 nitrogen and oxygen atoms in total. The number of amides is 2. The summed E-state index contributed by atoms with van der Waals surface area (Å²) in [5.41, 5.74) is 4.59. The Balaban J connectivity index is 1.60. The molecule has 3 aromatic rings. The van der Waals surface area contributed by atoms with E-state index < -0.39 is 17.8 Å². The fourth-order valence-corrected chi connectivity index (χ4v) is 2.71. The van der Waals surface area contributed by atoms with E-state index in [1.165, 1.54) is 13.3 Å². The molecule has 0 atom stereocenters. The van der Waals surface area contributed by atoms with Gasteiger partial charge < -0.3 is 14.8 Å². The van der Waals surface area contributed by atoms with E-state index in [2.05, 4.69) is 15.8 Å². The van der Waals surface area contributed by atoms with Gasteiger partial charge in [-0.3, -0.25) is 9.59 Å². The second-order valence-corrected chi connectivity index (χ2v) is 6.69. The lowest BCUT2D eigenvalue weighted by molar-refractivity contribution is -0.136. The van der Waals surface area contributed by atoms with Crippen molar-refractivity contribution in [1.82, 2.24) is 5.43 Å². The van der Waals surface area contributed by atoms with Crippen LogP contribution >= 0.6 is 0 Å². The highest BCUT2D eigenvalue weighted by molar-refractivity contribution is 6.39. The fraction of sp³-hybridized carbons (Fsp3) is 0.0833. The van der Waals surface area contributed by atoms with Crippen LogP contribution in [0.25, 0.3) is 0 Å². The van der Waals surface area contributed by atoms with Crippen LogP contribution in [0.5, 0.6) is 11.5 Å². The molecule has 0 unspecified atom stereocenters. The minimum absolute atomic E-state index is 0.236. The summed E-state index contributed by atoms with van der Waals surface area (Å²) in [5, 5.41) is 6.28. The number of aryl methyl sites for hydroxylation is 1. The Kier molecular flexibility index (Phi) is 7.32. The van der Waals surface area contributed by atoms with Gasteiger partial charge in [0.05, 0.1) is 18.9 Å². The minimum atomic E-state index is -0.914. The highest BCUT2D eigenvalue weighted by Crippen LogP contribution is 2.28. The average molecular weight is 431 g/mol. The quantitative estimate of drug-likeness (QED) is 0.205. The Bertz CT molecular complexity index is 1160. The van der Waals surface area contributed by atoms with E-state index in [1.54, 1.807) is 66.7 Å². The van der Waals surface area contributed by atoms with Gasteiger partial charge in [0.25, 0.3) is 0 Å². The molecule has 0 fully saturated rings. The maximum Gasteiger partial charge on any atom is 0.343 e. The molecule has 0 bridgehead atoms. The molecule has 0 aliphatic carbocycles. The van der Waals surface area contributed by atoms with E-state index in [0.29, 0.717) is 22.6 Å². The molecule has 32 heavy (non-hydrogen) atoms. The molecule has 3 aromatic carbocycles. The van der Waals surface area contributed by atoms with Crippen LogP contribution < -0.4 is 20.2 Å². The van der Waals surface area contributed by atoms with Crippen LogP contribution in [-0.2, 0) is 9.59 Å². The van der Waals surface area contributed by atoms with Gasteiger partial charge in [-0.15, -0.1) is 0 Å². The Morgan fingerprint density at radius 3 is 2.38 bits per heavy atom. The van der Waals surface area contributed by atoms with E-state index in [-0.39, 0.29) is 5.75 Å². The van der Waals surface area contributed by atoms with Crippen LogP contribution in [0.1, 0.15) is 21.5 Å². The van der Waals surface area contributed by atoms with E-state index in [9.17, 15) is 14.4 Å². The van der Waals surface area contributed by atoms with E-state index in [4.69, 9.17) is 9.47 Å². The van der Waals surface area contributed by atoms with Crippen molar-refractivity contribution in [3.63, 3.8) is 0 Å². The van der Waals surface area contributed by atoms with Crippen LogP contribution in [0.4, 0.5) is 5.69 Å². The molecule has 0 saturated carbocycles. The summed E-state index contributed by atoms with van der Waals surface area (Å²) in [5.74, 6) is -1.73. The summed E-state index contributed by atoms with van der Waals surface area (Å²) >= 11 is 0. The summed E-state index contributed by atoms with van der Waals surface area (Å²) in [6, 6.07) is 20.4. The minimum Gasteiger partial charge on any atom is -0.493 e. The largest absolute Gasteiger partial charge is 0.493 e. The molecule has 0 heterocycles. The van der Waals surface area contributed by atoms with Gasteiger partial charge in [-0.05, 0) is 60.5 Å². The highest BCUT2D eigenvalue weighted by Gasteiger charge is 2.14. The van der Waals surface area contributed by atoms with Gasteiger partial charge in [-0.2, -0.15) is 5.10 Å². The zero-order valence-electron chi connectivity index (χ0n) is 17.5. The number of hydrogen-bond acceptors (Lipinski definition) is 6. The number of rotatable bonds is 6. The van der Waals surface area contributed by atoms with E-state index >= 15 is 0 Å². The van der Waals surface area contributed by atoms with Crippen LogP contribution in [-0.4, -0.2) is 31.1 Å². The topological polar surface area (TPSA) is 106 Å². The first kappa shape index (κ1) is 22.2. The fourth-order valence-electron chi connectivity index (χ4n) is 2.71. The predicted molar refractivity (Wildman–Crippen MR) is 120 cm³/mol. The monoisotopic (exact) mass is 431 g/mol. The summed E-state index contributed by atoms with van der Waals surface area (Å²) in [4.78, 5) is 36.1. The van der Waals surface area contributed by atoms with Crippen molar-refractivity contribution in [1.29, 1.82) is 0 Å². The van der Waals surface area contributed by atoms with Gasteiger partial charge in [-0.25, -0.2) is 10.2 Å². The third kappa shape index (κ3) is 6.02. The van der Waals surface area contributed by atoms with Crippen LogP contribution in [0, 0.1) is 6.92 Å². The Morgan fingerprint density at radius 1 is 0.875 bits per heavy atom. The number of nitrogens with zero attached hydrogens (tertiary/aromatic N) is 1. The van der Waals surface area contributed by atoms with Crippen LogP contribution in [0.15, 0.2) is 77.9 Å². The highest BCUT2D eigenvalue weighted by atomic mass is 16.6. The third-order valence-corrected chi connectivity index (χ3v) is 4.26. The van der Waals surface area contributed by atoms with Crippen molar-refractivity contribution in [3.8, 4) is 11.5 Å². The van der Waals surface area contributed by atoms with Gasteiger partial charge in [0.2, 0.25) is 0 Å². The molecule has 0 saturated heterocycles. The third-order valence-electron chi connectivity index (χ3n) is 4.26. The number of hydrogen-bond donors (Lipinski definition) is 2. The lowest BCUT2D eigenvalue weighted by atomic mass is 10.2. The molecule has 0 aromatic heterocycles. The van der Waals surface area contributed by atoms with Crippen LogP contribution in [0.3, 0.4) is 0 Å². The number of hydrazone groups is 1. The standard InChI is InChI=1S/C24H21N3O5/c1-16-7-6-10-19(13-16)26-22(28)23(29)27-25-15-17-11-12-20(21(14-17)31-2)32-24(30)18-8-4-3-5-9-18/h3-15H,1-2H3,(H,26,28)(H,27,29)/b25-15-. The molecule has 3 rings (SSSR count). The smallest absolute Gasteiger partial charge is 0.343 e. The van der Waals surface area contributed by atoms with Gasteiger partial charge >= 0.3 is 17.8 Å². The number of carbonyl (C=O) groups is 3. The van der Waals surface area contributed by atoms with Gasteiger partial charge in [0, 0.05) is 5.69 Å². The zero-order valence-corrected chi connectivity index (χ0v) is 17.5. The molecule has 2 amide bonds. The lowest BCUT2D eigenvalue weighted by Gasteiger charge is -2.10. The van der Waals surface area contributed by atoms with Crippen molar-refractivity contribution in [2.75, 3.05) is 12.4 Å². The number of benzene rings is 3. The van der Waals surface area contributed by atoms with Gasteiger partial charge in [0.1, 0.15) is 0 Å². The molecular weight excluding hydrogens is 410 g/mol. The molecule has 0 aliphatic rings. The van der Waals surface area contributed by atoms with Gasteiger partial charge in [-0.1, -0.05) is 30.3 Å². The van der Waals surface area contributed by atoms with E-state index in [0.717, 1.165) is 5.56 Å². The molecule has 162 valence electrons. The number of nitrogens with one attached hydrogen (secondary N) is 2. The molecule has 0 radical (unpaired) electrons. The summed E-state index contributed by atoms with van der Waals surface area (Å²) < 4.78 is 10.7. The molecule has 0 aliphatic heterocycles. The molecule has 8 heteroatoms. The number of ether oxygens (including phenoxy) is 2. The van der Waals surface area contributed by atoms with Crippen molar-refractivity contribution in [3.05, 3.63) is 89.5 Å². The first-order chi connectivity index (χ1) is 15.5. The number of methoxy groups -OCH3 is 1. The number of carbonyl (C=O) groups excluding carboxylic acids is 3. The Labute approximate surface area is 184 Å². The van der Waals surface area contributed by atoms with Crippen molar-refractivity contribution in [2.45, 2.75) is 6.92 Å². The van der Waals surface area contributed by atoms with Gasteiger partial charge in [0.15, 0.2) is 11.5 Å². The maximum atomic E-state index is 12.2. The Hall–Kier alpha value is -4.46. The lowest BCUT2D eigenvalue weighted by Crippen LogP contribution is -2.32. The normalized spacial score (nSPS) is 10.4. The second-order valence-electron chi connectivity index (χ2n) is 6.69. The maximum absolute atomic E-state index is 12.2. The Morgan fingerprint density at radius 2 is 1.66 bits per heavy atom. The molecule has 2 N–H and O–H groups in total. The number of esters is 1. The predicted octanol–water partition coefficient (Wildman–Crippen LogP) is 3.31. The van der Waals surface area contributed by atoms with Crippen LogP contribution in [0.2, 0.25) is 0 Å². The van der Waals surface area contributed by atoms with Crippen molar-refractivity contribution >= 4 is 29.7 Å². The second kappa shape index (κ2) is 10.5. The molecular formula is C24H21N3O5. The zero-order chi connectivity index (χ0) is 22.9. The SMILES string of the molecule is COc1cc(/C=N\NC(=O)C(=O)Nc2cccc(C)c2)ccc1OC(=O)c1ccccc1. The average Bonchev–Trinajstić information content (AvgIpc) is 2.80. The van der Waals surface area contributed by atoms with Crippen molar-refractivity contribution < 1.29 is 23.9 Å². The summed E-state index contributed by atoms with van der Waals surface area (Å²) in [6.45, 7) is 1.88. The first-order valence-electron chi connectivity index (χ1n) is 9.62. The number of anilines is 1.